The molecule has 1 fully saturated rings. The Bertz CT molecular complexity index is 1520. The number of hydrogen-bond donors (Lipinski definition) is 1. The summed E-state index contributed by atoms with van der Waals surface area (Å²) in [7, 11) is 0. The van der Waals surface area contributed by atoms with Crippen LogP contribution in [0.25, 0.3) is 0 Å². The molecule has 214 valence electrons. The molecule has 0 radical (unpaired) electrons. The minimum Gasteiger partial charge on any atom is -0.548 e. The molecule has 1 saturated heterocycles. The van der Waals surface area contributed by atoms with Gasteiger partial charge in [0.15, 0.2) is 0 Å². The van der Waals surface area contributed by atoms with Gasteiger partial charge in [-0.05, 0) is 22.3 Å². The molecular weight excluding hydrogens is 546 g/mol. The molecule has 2 amide bonds. The van der Waals surface area contributed by atoms with Crippen molar-refractivity contribution in [2.75, 3.05) is 0 Å². The predicted molar refractivity (Wildman–Crippen MR) is 151 cm³/mol. The first-order valence-electron chi connectivity index (χ1n) is 13.6. The van der Waals surface area contributed by atoms with Crippen molar-refractivity contribution in [2.45, 2.75) is 37.2 Å². The Morgan fingerprint density at radius 1 is 0.750 bits per heavy atom. The number of benzene rings is 4. The molecule has 10 heteroatoms. The Hall–Kier alpha value is -3.76. The van der Waals surface area contributed by atoms with Gasteiger partial charge >= 0.3 is 43.8 Å². The molecule has 1 N–H and O–H groups in total. The molecular formula is C34H30Li2N2O6. The number of hydrogen-bond acceptors (Lipinski definition) is 6. The van der Waals surface area contributed by atoms with Crippen LogP contribution in [-0.2, 0) is 28.3 Å². The molecule has 44 heavy (non-hydrogen) atoms. The summed E-state index contributed by atoms with van der Waals surface area (Å²) >= 11 is 0. The summed E-state index contributed by atoms with van der Waals surface area (Å²) in [5.74, 6) is -5.03. The second kappa shape index (κ2) is 14.4. The average molecular weight is 577 g/mol. The third-order valence-electron chi connectivity index (χ3n) is 8.30. The number of carboxylic acids is 2. The molecule has 0 saturated carbocycles. The topological polar surface area (TPSA) is 124 Å². The number of aliphatic hydroxyl groups is 1. The van der Waals surface area contributed by atoms with Crippen LogP contribution >= 0.6 is 0 Å². The van der Waals surface area contributed by atoms with Crippen molar-refractivity contribution in [3.63, 3.8) is 0 Å². The molecule has 3 atom stereocenters. The van der Waals surface area contributed by atoms with Crippen LogP contribution in [0.15, 0.2) is 121 Å². The molecule has 1 aliphatic heterocycles. The summed E-state index contributed by atoms with van der Waals surface area (Å²) < 4.78 is 0. The Kier molecular flexibility index (Phi) is 11.3. The van der Waals surface area contributed by atoms with Crippen LogP contribution in [0.2, 0.25) is 0 Å². The second-order valence-corrected chi connectivity index (χ2v) is 10.5. The number of carboxylic acid groups (broad SMARTS) is 2. The van der Waals surface area contributed by atoms with Crippen molar-refractivity contribution in [1.29, 1.82) is 0 Å². The normalized spacial score (nSPS) is 18.6. The van der Waals surface area contributed by atoms with Gasteiger partial charge in [0.25, 0.3) is 0 Å². The van der Waals surface area contributed by atoms with Crippen LogP contribution in [0.1, 0.15) is 29.2 Å². The maximum atomic E-state index is 14.2. The zero-order valence-electron chi connectivity index (χ0n) is 25.0. The van der Waals surface area contributed by atoms with E-state index in [4.69, 9.17) is 0 Å². The third-order valence-corrected chi connectivity index (χ3v) is 8.30. The molecule has 1 heterocycles. The minimum absolute atomic E-state index is 0. The van der Waals surface area contributed by atoms with E-state index in [1.165, 1.54) is 6.92 Å². The number of carbonyl (C=O) groups excluding carboxylic acids is 3. The molecule has 0 unspecified atom stereocenters. The quantitative estimate of drug-likeness (QED) is 0.194. The maximum Gasteiger partial charge on any atom is 1.00 e. The van der Waals surface area contributed by atoms with Crippen LogP contribution in [-0.4, -0.2) is 44.5 Å². The Morgan fingerprint density at radius 3 is 1.52 bits per heavy atom. The molecule has 0 aliphatic carbocycles. The summed E-state index contributed by atoms with van der Waals surface area (Å²) in [6.45, 7) is 1.01. The zero-order chi connectivity index (χ0) is 29.9. The number of nitrogens with zero attached hydrogens (tertiary/aromatic N) is 2. The predicted octanol–water partition coefficient (Wildman–Crippen LogP) is -3.69. The fourth-order valence-corrected chi connectivity index (χ4v) is 6.26. The first-order chi connectivity index (χ1) is 20.2. The van der Waals surface area contributed by atoms with Gasteiger partial charge in [-0.3, -0.25) is 0 Å². The molecule has 0 bridgehead atoms. The Morgan fingerprint density at radius 2 is 1.14 bits per heavy atom. The number of aliphatic carboxylic acids is 2. The zero-order valence-corrected chi connectivity index (χ0v) is 25.0. The summed E-state index contributed by atoms with van der Waals surface area (Å²) in [5.41, 5.74) is -2.80. The third kappa shape index (κ3) is 5.97. The van der Waals surface area contributed by atoms with E-state index in [-0.39, 0.29) is 50.8 Å². The van der Waals surface area contributed by atoms with Crippen LogP contribution < -0.4 is 47.9 Å². The van der Waals surface area contributed by atoms with E-state index in [1.54, 1.807) is 121 Å². The number of amides is 2. The fourth-order valence-electron chi connectivity index (χ4n) is 6.26. The van der Waals surface area contributed by atoms with Gasteiger partial charge < -0.3 is 34.7 Å². The van der Waals surface area contributed by atoms with Gasteiger partial charge in [-0.25, -0.2) is 4.79 Å². The molecule has 0 aromatic heterocycles. The van der Waals surface area contributed by atoms with Gasteiger partial charge in [-0.1, -0.05) is 128 Å². The van der Waals surface area contributed by atoms with Gasteiger partial charge in [0, 0.05) is 19.0 Å². The van der Waals surface area contributed by atoms with E-state index in [0.29, 0.717) is 22.3 Å². The van der Waals surface area contributed by atoms with E-state index in [0.717, 1.165) is 9.80 Å². The van der Waals surface area contributed by atoms with Crippen molar-refractivity contribution in [2.24, 2.45) is 5.92 Å². The monoisotopic (exact) mass is 576 g/mol. The largest absolute Gasteiger partial charge is 1.00 e. The first-order valence-corrected chi connectivity index (χ1v) is 13.6. The molecule has 4 aromatic rings. The molecule has 8 nitrogen and oxygen atoms in total. The summed E-state index contributed by atoms with van der Waals surface area (Å²) in [6, 6.07) is 31.4. The van der Waals surface area contributed by atoms with Gasteiger partial charge in [0.2, 0.25) is 0 Å². The standard InChI is InChI=1S/C34H32N2O6.2Li/c1-24(34(42,27-18-10-4-11-19-27)28-20-12-5-13-21-28)33(31(39)40)29(30(37)38)35(22-25-14-6-2-7-15-25)32(41)36(33)23-26-16-8-3-9-17-26;;/h2-21,24,29,42H,22-23H2,1H3,(H,37,38)(H,39,40);;/q;2*+1/p-2/t24-,29-,33-;;/m1../s1. The van der Waals surface area contributed by atoms with Gasteiger partial charge in [-0.2, -0.15) is 0 Å². The van der Waals surface area contributed by atoms with E-state index in [2.05, 4.69) is 0 Å². The van der Waals surface area contributed by atoms with Crippen molar-refractivity contribution in [3.05, 3.63) is 144 Å². The number of urea groups is 1. The van der Waals surface area contributed by atoms with Crippen molar-refractivity contribution in [3.8, 4) is 0 Å². The molecule has 1 aliphatic rings. The van der Waals surface area contributed by atoms with Gasteiger partial charge in [0.05, 0.1) is 11.9 Å². The van der Waals surface area contributed by atoms with E-state index in [1.807, 2.05) is 0 Å². The van der Waals surface area contributed by atoms with E-state index < -0.39 is 41.1 Å². The Labute approximate surface area is 280 Å². The first kappa shape index (κ1) is 34.7. The smallest absolute Gasteiger partial charge is 0.548 e. The molecule has 4 aromatic carbocycles. The summed E-state index contributed by atoms with van der Waals surface area (Å²) in [5, 5.41) is 39.3. The van der Waals surface area contributed by atoms with Gasteiger partial charge in [-0.15, -0.1) is 0 Å². The number of rotatable bonds is 10. The number of carbonyl (C=O) groups is 3. The maximum absolute atomic E-state index is 14.2. The second-order valence-electron chi connectivity index (χ2n) is 10.5. The molecule has 5 rings (SSSR count). The van der Waals surface area contributed by atoms with Crippen molar-refractivity contribution < 1.29 is 67.4 Å². The SMILES string of the molecule is C[C@@H](C(O)(c1ccccc1)c1ccccc1)[C@]1(C(=O)[O-])[C@@H](C(=O)[O-])N(Cc2ccccc2)C(=O)N1Cc1ccccc1.[Li+].[Li+]. The van der Waals surface area contributed by atoms with E-state index in [9.17, 15) is 29.7 Å². The van der Waals surface area contributed by atoms with E-state index >= 15 is 0 Å². The van der Waals surface area contributed by atoms with Crippen LogP contribution in [0.3, 0.4) is 0 Å². The van der Waals surface area contributed by atoms with Gasteiger partial charge in [0.1, 0.15) is 17.2 Å². The van der Waals surface area contributed by atoms with Crippen molar-refractivity contribution in [1.82, 2.24) is 9.80 Å². The van der Waals surface area contributed by atoms with Crippen LogP contribution in [0.4, 0.5) is 4.79 Å². The molecule has 0 spiro atoms. The fraction of sp³-hybridized carbons (Fsp3) is 0.206. The minimum atomic E-state index is -2.57. The van der Waals surface area contributed by atoms with Crippen molar-refractivity contribution >= 4 is 18.0 Å². The average Bonchev–Trinajstić information content (AvgIpc) is 3.26. The summed E-state index contributed by atoms with van der Waals surface area (Å²) in [4.78, 5) is 42.9. The Balaban J connectivity index is 0.00000264. The van der Waals surface area contributed by atoms with Crippen LogP contribution in [0.5, 0.6) is 0 Å². The summed E-state index contributed by atoms with van der Waals surface area (Å²) in [6.07, 6.45) is 0. The van der Waals surface area contributed by atoms with Crippen LogP contribution in [0, 0.1) is 5.92 Å².